The Balaban J connectivity index is 3.12. The van der Waals surface area contributed by atoms with Crippen LogP contribution in [0, 0.1) is 0 Å². The predicted molar refractivity (Wildman–Crippen MR) is 44.8 cm³/mol. The summed E-state index contributed by atoms with van der Waals surface area (Å²) in [4.78, 5) is 11.1. The maximum Gasteiger partial charge on any atom is 0.264 e. The number of benzene rings is 1. The van der Waals surface area contributed by atoms with E-state index in [1.807, 2.05) is 0 Å². The van der Waals surface area contributed by atoms with Gasteiger partial charge in [0.05, 0.1) is 0 Å². The van der Waals surface area contributed by atoms with Gasteiger partial charge in [0.1, 0.15) is 0 Å². The van der Waals surface area contributed by atoms with E-state index in [1.165, 1.54) is 25.2 Å². The Labute approximate surface area is 74.6 Å². The Hall–Kier alpha value is -1.45. The molecule has 0 bridgehead atoms. The molecular formula is C9H9F2NO. The summed E-state index contributed by atoms with van der Waals surface area (Å²) in [7, 11) is 1.41. The Morgan fingerprint density at radius 3 is 2.54 bits per heavy atom. The van der Waals surface area contributed by atoms with Crippen LogP contribution in [-0.2, 0) is 0 Å². The maximum atomic E-state index is 12.3. The molecule has 0 atom stereocenters. The lowest BCUT2D eigenvalue weighted by Crippen LogP contribution is -2.19. The van der Waals surface area contributed by atoms with Gasteiger partial charge >= 0.3 is 0 Å². The van der Waals surface area contributed by atoms with Gasteiger partial charge in [0.25, 0.3) is 12.3 Å². The third kappa shape index (κ3) is 2.02. The highest BCUT2D eigenvalue weighted by atomic mass is 19.3. The summed E-state index contributed by atoms with van der Waals surface area (Å²) < 4.78 is 24.7. The van der Waals surface area contributed by atoms with Gasteiger partial charge in [0.15, 0.2) is 0 Å². The van der Waals surface area contributed by atoms with Gasteiger partial charge in [-0.1, -0.05) is 18.2 Å². The Morgan fingerprint density at radius 2 is 2.00 bits per heavy atom. The van der Waals surface area contributed by atoms with Crippen molar-refractivity contribution in [2.24, 2.45) is 0 Å². The lowest BCUT2D eigenvalue weighted by atomic mass is 10.1. The summed E-state index contributed by atoms with van der Waals surface area (Å²) in [6.45, 7) is 0. The molecule has 1 aromatic rings. The van der Waals surface area contributed by atoms with Crippen LogP contribution in [0.1, 0.15) is 22.3 Å². The highest BCUT2D eigenvalue weighted by Gasteiger charge is 2.15. The van der Waals surface area contributed by atoms with E-state index in [0.717, 1.165) is 0 Å². The number of nitrogens with one attached hydrogen (secondary N) is 1. The van der Waals surface area contributed by atoms with E-state index >= 15 is 0 Å². The number of hydrogen-bond acceptors (Lipinski definition) is 1. The molecule has 1 aromatic carbocycles. The van der Waals surface area contributed by atoms with Gasteiger partial charge < -0.3 is 5.32 Å². The summed E-state index contributed by atoms with van der Waals surface area (Å²) >= 11 is 0. The fourth-order valence-corrected chi connectivity index (χ4v) is 1.03. The van der Waals surface area contributed by atoms with E-state index in [4.69, 9.17) is 0 Å². The standard InChI is InChI=1S/C9H9F2NO/c1-12-9(13)7-5-3-2-4-6(7)8(10)11/h2-5,8H,1H3,(H,12,13). The minimum atomic E-state index is -2.62. The van der Waals surface area contributed by atoms with Crippen LogP contribution in [0.2, 0.25) is 0 Å². The monoisotopic (exact) mass is 185 g/mol. The first-order valence-corrected chi connectivity index (χ1v) is 3.76. The predicted octanol–water partition coefficient (Wildman–Crippen LogP) is 1.98. The molecule has 0 aliphatic rings. The molecule has 70 valence electrons. The third-order valence-electron chi connectivity index (χ3n) is 1.67. The van der Waals surface area contributed by atoms with Crippen LogP contribution >= 0.6 is 0 Å². The molecule has 0 aliphatic heterocycles. The van der Waals surface area contributed by atoms with E-state index < -0.39 is 12.3 Å². The molecule has 1 N–H and O–H groups in total. The molecule has 1 rings (SSSR count). The highest BCUT2D eigenvalue weighted by Crippen LogP contribution is 2.22. The highest BCUT2D eigenvalue weighted by molar-refractivity contribution is 5.95. The summed E-state index contributed by atoms with van der Waals surface area (Å²) in [6, 6.07) is 5.65. The first-order valence-electron chi connectivity index (χ1n) is 3.76. The topological polar surface area (TPSA) is 29.1 Å². The van der Waals surface area contributed by atoms with E-state index in [1.54, 1.807) is 6.07 Å². The van der Waals surface area contributed by atoms with E-state index in [9.17, 15) is 13.6 Å². The van der Waals surface area contributed by atoms with Gasteiger partial charge in [-0.15, -0.1) is 0 Å². The van der Waals surface area contributed by atoms with Crippen molar-refractivity contribution in [3.05, 3.63) is 35.4 Å². The molecule has 0 saturated heterocycles. The van der Waals surface area contributed by atoms with Crippen LogP contribution in [0.5, 0.6) is 0 Å². The first kappa shape index (κ1) is 9.64. The number of carbonyl (C=O) groups is 1. The summed E-state index contributed by atoms with van der Waals surface area (Å²) in [5.41, 5.74) is -0.207. The SMILES string of the molecule is CNC(=O)c1ccccc1C(F)F. The van der Waals surface area contributed by atoms with Crippen LogP contribution in [0.4, 0.5) is 8.78 Å². The van der Waals surface area contributed by atoms with Crippen molar-refractivity contribution in [2.45, 2.75) is 6.43 Å². The number of rotatable bonds is 2. The van der Waals surface area contributed by atoms with Gasteiger partial charge in [0.2, 0.25) is 0 Å². The second-order valence-corrected chi connectivity index (χ2v) is 2.47. The quantitative estimate of drug-likeness (QED) is 0.750. The number of alkyl halides is 2. The van der Waals surface area contributed by atoms with Crippen molar-refractivity contribution in [3.63, 3.8) is 0 Å². The molecule has 0 heterocycles. The van der Waals surface area contributed by atoms with Crippen LogP contribution in [0.25, 0.3) is 0 Å². The summed E-state index contributed by atoms with van der Waals surface area (Å²) in [5, 5.41) is 2.30. The zero-order valence-corrected chi connectivity index (χ0v) is 7.05. The lowest BCUT2D eigenvalue weighted by Gasteiger charge is -2.06. The molecule has 0 fully saturated rings. The lowest BCUT2D eigenvalue weighted by molar-refractivity contribution is 0.0949. The van der Waals surface area contributed by atoms with Gasteiger partial charge in [0, 0.05) is 18.2 Å². The number of halogens is 2. The van der Waals surface area contributed by atoms with Crippen LogP contribution in [0.15, 0.2) is 24.3 Å². The van der Waals surface area contributed by atoms with Crippen molar-refractivity contribution >= 4 is 5.91 Å². The minimum absolute atomic E-state index is 0.0278. The Kier molecular flexibility index (Phi) is 2.95. The molecule has 2 nitrogen and oxygen atoms in total. The zero-order valence-electron chi connectivity index (χ0n) is 7.05. The van der Waals surface area contributed by atoms with Crippen molar-refractivity contribution in [1.82, 2.24) is 5.32 Å². The molecule has 0 saturated carbocycles. The van der Waals surface area contributed by atoms with Gasteiger partial charge in [-0.25, -0.2) is 8.78 Å². The van der Waals surface area contributed by atoms with Crippen molar-refractivity contribution in [3.8, 4) is 0 Å². The third-order valence-corrected chi connectivity index (χ3v) is 1.67. The Morgan fingerprint density at radius 1 is 1.38 bits per heavy atom. The number of amides is 1. The molecule has 0 unspecified atom stereocenters. The zero-order chi connectivity index (χ0) is 9.84. The summed E-state index contributed by atoms with van der Waals surface area (Å²) in [5.74, 6) is -0.490. The molecule has 0 spiro atoms. The van der Waals surface area contributed by atoms with Gasteiger partial charge in [-0.05, 0) is 6.07 Å². The smallest absolute Gasteiger partial charge is 0.264 e. The molecule has 13 heavy (non-hydrogen) atoms. The first-order chi connectivity index (χ1) is 6.16. The normalized spacial score (nSPS) is 10.2. The van der Waals surface area contributed by atoms with Crippen molar-refractivity contribution in [2.75, 3.05) is 7.05 Å². The Bertz CT molecular complexity index is 312. The molecule has 4 heteroatoms. The fraction of sp³-hybridized carbons (Fsp3) is 0.222. The van der Waals surface area contributed by atoms with E-state index in [2.05, 4.69) is 5.32 Å². The number of carbonyl (C=O) groups excluding carboxylic acids is 1. The molecule has 0 aromatic heterocycles. The second kappa shape index (κ2) is 3.98. The number of hydrogen-bond donors (Lipinski definition) is 1. The largest absolute Gasteiger partial charge is 0.355 e. The van der Waals surface area contributed by atoms with Crippen LogP contribution in [0.3, 0.4) is 0 Å². The average Bonchev–Trinajstić information content (AvgIpc) is 2.16. The van der Waals surface area contributed by atoms with Gasteiger partial charge in [-0.3, -0.25) is 4.79 Å². The minimum Gasteiger partial charge on any atom is -0.355 e. The van der Waals surface area contributed by atoms with Gasteiger partial charge in [-0.2, -0.15) is 0 Å². The molecule has 0 aliphatic carbocycles. The van der Waals surface area contributed by atoms with Crippen LogP contribution in [-0.4, -0.2) is 13.0 Å². The average molecular weight is 185 g/mol. The second-order valence-electron chi connectivity index (χ2n) is 2.47. The molecular weight excluding hydrogens is 176 g/mol. The van der Waals surface area contributed by atoms with E-state index in [0.29, 0.717) is 0 Å². The molecule has 1 amide bonds. The fourth-order valence-electron chi connectivity index (χ4n) is 1.03. The van der Waals surface area contributed by atoms with Crippen molar-refractivity contribution in [1.29, 1.82) is 0 Å². The van der Waals surface area contributed by atoms with E-state index in [-0.39, 0.29) is 11.1 Å². The molecule has 0 radical (unpaired) electrons. The van der Waals surface area contributed by atoms with Crippen LogP contribution < -0.4 is 5.32 Å². The maximum absolute atomic E-state index is 12.3. The van der Waals surface area contributed by atoms with Crippen molar-refractivity contribution < 1.29 is 13.6 Å². The summed E-state index contributed by atoms with van der Waals surface area (Å²) in [6.07, 6.45) is -2.62.